The van der Waals surface area contributed by atoms with Gasteiger partial charge in [0, 0.05) is 31.4 Å². The number of ether oxygens (including phenoxy) is 1. The standard InChI is InChI=1S/C13H24N2O2/c1-12-6-3-4-10-15(12)11-5-8-14-9-7-13(16)17-2/h7,9,12,14H,3-6,8,10-11H2,1-2H3/b9-7+. The van der Waals surface area contributed by atoms with Crippen LogP contribution in [0, 0.1) is 0 Å². The molecule has 0 aromatic rings. The number of nitrogens with one attached hydrogen (secondary N) is 1. The Morgan fingerprint density at radius 1 is 1.53 bits per heavy atom. The zero-order chi connectivity index (χ0) is 12.5. The second kappa shape index (κ2) is 8.12. The molecule has 4 heteroatoms. The smallest absolute Gasteiger partial charge is 0.331 e. The van der Waals surface area contributed by atoms with Crippen molar-refractivity contribution < 1.29 is 9.53 Å². The average Bonchev–Trinajstić information content (AvgIpc) is 2.35. The molecule has 0 radical (unpaired) electrons. The normalized spacial score (nSPS) is 21.6. The van der Waals surface area contributed by atoms with Crippen LogP contribution in [0.5, 0.6) is 0 Å². The summed E-state index contributed by atoms with van der Waals surface area (Å²) >= 11 is 0. The van der Waals surface area contributed by atoms with Gasteiger partial charge < -0.3 is 15.0 Å². The van der Waals surface area contributed by atoms with Gasteiger partial charge in [0.25, 0.3) is 0 Å². The molecule has 0 aromatic carbocycles. The third-order valence-corrected chi connectivity index (χ3v) is 3.25. The fourth-order valence-electron chi connectivity index (χ4n) is 2.15. The number of carbonyl (C=O) groups excluding carboxylic acids is 1. The first-order chi connectivity index (χ1) is 8.24. The van der Waals surface area contributed by atoms with E-state index in [9.17, 15) is 4.79 Å². The highest BCUT2D eigenvalue weighted by Crippen LogP contribution is 2.15. The van der Waals surface area contributed by atoms with Gasteiger partial charge in [-0.25, -0.2) is 4.79 Å². The fourth-order valence-corrected chi connectivity index (χ4v) is 2.15. The Morgan fingerprint density at radius 2 is 2.35 bits per heavy atom. The molecule has 1 saturated heterocycles. The van der Waals surface area contributed by atoms with Crippen LogP contribution in [-0.4, -0.2) is 43.7 Å². The number of rotatable bonds is 6. The molecule has 0 spiro atoms. The summed E-state index contributed by atoms with van der Waals surface area (Å²) in [7, 11) is 1.38. The molecular formula is C13H24N2O2. The molecule has 1 fully saturated rings. The van der Waals surface area contributed by atoms with E-state index in [0.717, 1.165) is 25.6 Å². The number of piperidine rings is 1. The SMILES string of the molecule is COC(=O)/C=C/NCCCN1CCCCC1C. The zero-order valence-electron chi connectivity index (χ0n) is 10.9. The van der Waals surface area contributed by atoms with Crippen molar-refractivity contribution in [3.63, 3.8) is 0 Å². The van der Waals surface area contributed by atoms with Crippen LogP contribution in [0.3, 0.4) is 0 Å². The summed E-state index contributed by atoms with van der Waals surface area (Å²) in [5.74, 6) is -0.317. The van der Waals surface area contributed by atoms with Gasteiger partial charge in [-0.3, -0.25) is 0 Å². The van der Waals surface area contributed by atoms with Crippen LogP contribution >= 0.6 is 0 Å². The van der Waals surface area contributed by atoms with Gasteiger partial charge in [-0.1, -0.05) is 6.42 Å². The van der Waals surface area contributed by atoms with E-state index in [2.05, 4.69) is 21.9 Å². The van der Waals surface area contributed by atoms with E-state index in [1.165, 1.54) is 39.0 Å². The summed E-state index contributed by atoms with van der Waals surface area (Å²) in [6, 6.07) is 0.731. The summed E-state index contributed by atoms with van der Waals surface area (Å²) < 4.78 is 4.49. The zero-order valence-corrected chi connectivity index (χ0v) is 10.9. The lowest BCUT2D eigenvalue weighted by molar-refractivity contribution is -0.134. The molecule has 1 rings (SSSR count). The maximum absolute atomic E-state index is 10.8. The highest BCUT2D eigenvalue weighted by Gasteiger charge is 2.16. The quantitative estimate of drug-likeness (QED) is 0.434. The highest BCUT2D eigenvalue weighted by atomic mass is 16.5. The van der Waals surface area contributed by atoms with Crippen LogP contribution < -0.4 is 5.32 Å². The second-order valence-corrected chi connectivity index (χ2v) is 4.54. The van der Waals surface area contributed by atoms with E-state index >= 15 is 0 Å². The van der Waals surface area contributed by atoms with Crippen molar-refractivity contribution in [1.29, 1.82) is 0 Å². The van der Waals surface area contributed by atoms with Gasteiger partial charge in [0.05, 0.1) is 7.11 Å². The number of likely N-dealkylation sites (tertiary alicyclic amines) is 1. The number of hydrogen-bond donors (Lipinski definition) is 1. The van der Waals surface area contributed by atoms with Crippen LogP contribution in [0.15, 0.2) is 12.3 Å². The van der Waals surface area contributed by atoms with Crippen molar-refractivity contribution in [2.75, 3.05) is 26.7 Å². The van der Waals surface area contributed by atoms with Gasteiger partial charge in [0.15, 0.2) is 0 Å². The van der Waals surface area contributed by atoms with Crippen molar-refractivity contribution in [3.8, 4) is 0 Å². The molecule has 1 N–H and O–H groups in total. The fraction of sp³-hybridized carbons (Fsp3) is 0.769. The monoisotopic (exact) mass is 240 g/mol. The van der Waals surface area contributed by atoms with Gasteiger partial charge in [-0.2, -0.15) is 0 Å². The Hall–Kier alpha value is -1.03. The van der Waals surface area contributed by atoms with E-state index in [4.69, 9.17) is 0 Å². The van der Waals surface area contributed by atoms with Crippen molar-refractivity contribution in [2.45, 2.75) is 38.6 Å². The van der Waals surface area contributed by atoms with Crippen LogP contribution in [0.1, 0.15) is 32.6 Å². The lowest BCUT2D eigenvalue weighted by Gasteiger charge is -2.33. The summed E-state index contributed by atoms with van der Waals surface area (Å²) in [6.45, 7) is 5.58. The second-order valence-electron chi connectivity index (χ2n) is 4.54. The maximum atomic E-state index is 10.8. The molecule has 1 aliphatic rings. The summed E-state index contributed by atoms with van der Waals surface area (Å²) in [5.41, 5.74) is 0. The Kier molecular flexibility index (Phi) is 6.70. The molecule has 0 aliphatic carbocycles. The van der Waals surface area contributed by atoms with Crippen molar-refractivity contribution in [1.82, 2.24) is 10.2 Å². The Balaban J connectivity index is 2.03. The number of esters is 1. The summed E-state index contributed by atoms with van der Waals surface area (Å²) in [6.07, 6.45) is 8.21. The van der Waals surface area contributed by atoms with Crippen LogP contribution in [0.4, 0.5) is 0 Å². The molecule has 1 aliphatic heterocycles. The third kappa shape index (κ3) is 5.73. The number of methoxy groups -OCH3 is 1. The van der Waals surface area contributed by atoms with Gasteiger partial charge in [-0.05, 0) is 32.7 Å². The first-order valence-electron chi connectivity index (χ1n) is 6.46. The van der Waals surface area contributed by atoms with E-state index in [-0.39, 0.29) is 5.97 Å². The lowest BCUT2D eigenvalue weighted by atomic mass is 10.0. The van der Waals surface area contributed by atoms with Gasteiger partial charge in [0.1, 0.15) is 0 Å². The molecule has 1 atom stereocenters. The predicted octanol–water partition coefficient (Wildman–Crippen LogP) is 1.53. The first-order valence-corrected chi connectivity index (χ1v) is 6.46. The number of carbonyl (C=O) groups is 1. The van der Waals surface area contributed by atoms with Crippen LogP contribution in [0.25, 0.3) is 0 Å². The van der Waals surface area contributed by atoms with Crippen molar-refractivity contribution >= 4 is 5.97 Å². The molecule has 0 amide bonds. The van der Waals surface area contributed by atoms with E-state index in [1.807, 2.05) is 0 Å². The Bertz CT molecular complexity index is 254. The van der Waals surface area contributed by atoms with Crippen molar-refractivity contribution in [3.05, 3.63) is 12.3 Å². The van der Waals surface area contributed by atoms with Crippen LogP contribution in [-0.2, 0) is 9.53 Å². The number of nitrogens with zero attached hydrogens (tertiary/aromatic N) is 1. The molecule has 1 unspecified atom stereocenters. The predicted molar refractivity (Wildman–Crippen MR) is 68.7 cm³/mol. The average molecular weight is 240 g/mol. The van der Waals surface area contributed by atoms with Gasteiger partial charge in [-0.15, -0.1) is 0 Å². The van der Waals surface area contributed by atoms with E-state index < -0.39 is 0 Å². The topological polar surface area (TPSA) is 41.6 Å². The van der Waals surface area contributed by atoms with Gasteiger partial charge in [0.2, 0.25) is 0 Å². The largest absolute Gasteiger partial charge is 0.466 e. The first kappa shape index (κ1) is 14.0. The Morgan fingerprint density at radius 3 is 3.06 bits per heavy atom. The minimum absolute atomic E-state index is 0.317. The molecule has 98 valence electrons. The molecule has 4 nitrogen and oxygen atoms in total. The molecule has 0 aromatic heterocycles. The maximum Gasteiger partial charge on any atom is 0.331 e. The number of hydrogen-bond acceptors (Lipinski definition) is 4. The Labute approximate surface area is 104 Å². The molecule has 0 bridgehead atoms. The van der Waals surface area contributed by atoms with E-state index in [1.54, 1.807) is 6.20 Å². The molecule has 17 heavy (non-hydrogen) atoms. The minimum Gasteiger partial charge on any atom is -0.466 e. The molecule has 1 heterocycles. The molecule has 0 saturated carbocycles. The summed E-state index contributed by atoms with van der Waals surface area (Å²) in [5, 5.41) is 3.10. The summed E-state index contributed by atoms with van der Waals surface area (Å²) in [4.78, 5) is 13.3. The lowest BCUT2D eigenvalue weighted by Crippen LogP contribution is -2.38. The third-order valence-electron chi connectivity index (χ3n) is 3.25. The molecular weight excluding hydrogens is 216 g/mol. The minimum atomic E-state index is -0.317. The van der Waals surface area contributed by atoms with Crippen molar-refractivity contribution in [2.24, 2.45) is 0 Å². The van der Waals surface area contributed by atoms with E-state index in [0.29, 0.717) is 0 Å². The van der Waals surface area contributed by atoms with Crippen LogP contribution in [0.2, 0.25) is 0 Å². The highest BCUT2D eigenvalue weighted by molar-refractivity contribution is 5.81. The van der Waals surface area contributed by atoms with Gasteiger partial charge >= 0.3 is 5.97 Å².